The highest BCUT2D eigenvalue weighted by atomic mass is 79.9. The first-order chi connectivity index (χ1) is 14.4. The first-order valence-corrected chi connectivity index (χ1v) is 10.4. The summed E-state index contributed by atoms with van der Waals surface area (Å²) in [6.45, 7) is 3.58. The maximum Gasteiger partial charge on any atom is 0.310 e. The number of aromatic amines is 1. The molecule has 0 aliphatic carbocycles. The number of esters is 1. The van der Waals surface area contributed by atoms with Gasteiger partial charge in [-0.15, -0.1) is 0 Å². The van der Waals surface area contributed by atoms with Gasteiger partial charge in [-0.2, -0.15) is 0 Å². The Kier molecular flexibility index (Phi) is 5.59. The number of aromatic nitrogens is 2. The van der Waals surface area contributed by atoms with Crippen molar-refractivity contribution in [1.29, 1.82) is 0 Å². The lowest BCUT2D eigenvalue weighted by Gasteiger charge is -2.10. The van der Waals surface area contributed by atoms with Gasteiger partial charge < -0.3 is 14.3 Å². The smallest absolute Gasteiger partial charge is 0.310 e. The summed E-state index contributed by atoms with van der Waals surface area (Å²) in [4.78, 5) is 28.2. The molecule has 2 aromatic carbocycles. The number of hydrogen-bond acceptors (Lipinski definition) is 3. The van der Waals surface area contributed by atoms with Crippen LogP contribution in [-0.4, -0.2) is 27.9 Å². The van der Waals surface area contributed by atoms with Crippen LogP contribution in [0.3, 0.4) is 0 Å². The zero-order valence-corrected chi connectivity index (χ0v) is 18.3. The predicted octanol–water partition coefficient (Wildman–Crippen LogP) is 5.31. The molecule has 0 saturated carbocycles. The maximum absolute atomic E-state index is 12.7. The Bertz CT molecular complexity index is 1240. The molecule has 0 atom stereocenters. The zero-order valence-electron chi connectivity index (χ0n) is 16.7. The summed E-state index contributed by atoms with van der Waals surface area (Å²) in [6, 6.07) is 17.5. The molecule has 0 unspecified atom stereocenters. The third-order valence-electron chi connectivity index (χ3n) is 5.19. The van der Waals surface area contributed by atoms with E-state index in [2.05, 4.69) is 20.9 Å². The Morgan fingerprint density at radius 2 is 1.80 bits per heavy atom. The standard InChI is InChI=1S/C24H21BrN2O3/c1-15-11-21(16(2)27(15)19-9-7-18(25)8-10-19)23(28)14-30-24(29)12-17-13-26-22-6-4-3-5-20(17)22/h3-11,13,26H,12,14H2,1-2H3. The third-order valence-corrected chi connectivity index (χ3v) is 5.72. The number of aryl methyl sites for hydroxylation is 1. The quantitative estimate of drug-likeness (QED) is 0.310. The summed E-state index contributed by atoms with van der Waals surface area (Å²) < 4.78 is 8.30. The molecule has 0 radical (unpaired) electrons. The molecule has 0 aliphatic heterocycles. The van der Waals surface area contributed by atoms with E-state index in [4.69, 9.17) is 4.74 Å². The summed E-state index contributed by atoms with van der Waals surface area (Å²) in [7, 11) is 0. The van der Waals surface area contributed by atoms with Crippen LogP contribution in [0.15, 0.2) is 65.3 Å². The average molecular weight is 465 g/mol. The van der Waals surface area contributed by atoms with Gasteiger partial charge in [0, 0.05) is 44.2 Å². The summed E-state index contributed by atoms with van der Waals surface area (Å²) in [5.41, 5.74) is 5.14. The number of halogens is 1. The number of Topliss-reactive ketones (excluding diaryl/α,β-unsaturated/α-hetero) is 1. The number of fused-ring (bicyclic) bond motifs is 1. The largest absolute Gasteiger partial charge is 0.457 e. The second-order valence-corrected chi connectivity index (χ2v) is 8.13. The van der Waals surface area contributed by atoms with Gasteiger partial charge in [0.15, 0.2) is 6.61 Å². The van der Waals surface area contributed by atoms with E-state index in [1.165, 1.54) is 0 Å². The number of para-hydroxylation sites is 1. The number of benzene rings is 2. The van der Waals surface area contributed by atoms with Crippen molar-refractivity contribution in [3.63, 3.8) is 0 Å². The lowest BCUT2D eigenvalue weighted by atomic mass is 10.1. The fourth-order valence-corrected chi connectivity index (χ4v) is 4.01. The molecule has 0 bridgehead atoms. The highest BCUT2D eigenvalue weighted by molar-refractivity contribution is 9.10. The Hall–Kier alpha value is -3.12. The van der Waals surface area contributed by atoms with E-state index in [9.17, 15) is 9.59 Å². The molecule has 4 aromatic rings. The summed E-state index contributed by atoms with van der Waals surface area (Å²) in [5, 5.41) is 0.985. The molecule has 152 valence electrons. The van der Waals surface area contributed by atoms with E-state index in [0.717, 1.165) is 38.0 Å². The summed E-state index contributed by atoms with van der Waals surface area (Å²) >= 11 is 3.44. The minimum absolute atomic E-state index is 0.120. The van der Waals surface area contributed by atoms with Gasteiger partial charge in [0.25, 0.3) is 0 Å². The van der Waals surface area contributed by atoms with E-state index < -0.39 is 5.97 Å². The van der Waals surface area contributed by atoms with Crippen molar-refractivity contribution >= 4 is 38.6 Å². The van der Waals surface area contributed by atoms with Gasteiger partial charge in [0.05, 0.1) is 6.42 Å². The van der Waals surface area contributed by atoms with Gasteiger partial charge in [0.1, 0.15) is 0 Å². The minimum atomic E-state index is -0.421. The van der Waals surface area contributed by atoms with Gasteiger partial charge in [-0.3, -0.25) is 9.59 Å². The molecule has 4 rings (SSSR count). The van der Waals surface area contributed by atoms with Gasteiger partial charge in [-0.1, -0.05) is 34.1 Å². The zero-order chi connectivity index (χ0) is 21.3. The van der Waals surface area contributed by atoms with Crippen molar-refractivity contribution in [1.82, 2.24) is 9.55 Å². The molecule has 2 heterocycles. The van der Waals surface area contributed by atoms with Crippen LogP contribution in [-0.2, 0) is 16.0 Å². The van der Waals surface area contributed by atoms with Crippen molar-refractivity contribution in [3.8, 4) is 5.69 Å². The Morgan fingerprint density at radius 3 is 2.57 bits per heavy atom. The fraction of sp³-hybridized carbons (Fsp3) is 0.167. The number of nitrogens with one attached hydrogen (secondary N) is 1. The van der Waals surface area contributed by atoms with Crippen molar-refractivity contribution in [3.05, 3.63) is 87.8 Å². The van der Waals surface area contributed by atoms with Crippen LogP contribution in [0.1, 0.15) is 27.3 Å². The second kappa shape index (κ2) is 8.32. The summed E-state index contributed by atoms with van der Waals surface area (Å²) in [5.74, 6) is -0.631. The normalized spacial score (nSPS) is 11.0. The number of hydrogen-bond donors (Lipinski definition) is 1. The van der Waals surface area contributed by atoms with Crippen molar-refractivity contribution in [2.24, 2.45) is 0 Å². The molecule has 6 heteroatoms. The number of carbonyl (C=O) groups is 2. The van der Waals surface area contributed by atoms with E-state index in [1.54, 1.807) is 6.20 Å². The minimum Gasteiger partial charge on any atom is -0.457 e. The van der Waals surface area contributed by atoms with E-state index in [-0.39, 0.29) is 18.8 Å². The first kappa shape index (κ1) is 20.2. The number of nitrogens with zero attached hydrogens (tertiary/aromatic N) is 1. The molecular weight excluding hydrogens is 444 g/mol. The molecule has 0 fully saturated rings. The first-order valence-electron chi connectivity index (χ1n) is 9.62. The van der Waals surface area contributed by atoms with Crippen molar-refractivity contribution in [2.45, 2.75) is 20.3 Å². The molecule has 0 saturated heterocycles. The van der Waals surface area contributed by atoms with Gasteiger partial charge >= 0.3 is 5.97 Å². The Labute approximate surface area is 182 Å². The van der Waals surface area contributed by atoms with Crippen LogP contribution >= 0.6 is 15.9 Å². The number of H-pyrrole nitrogens is 1. The van der Waals surface area contributed by atoms with Crippen LogP contribution in [0.2, 0.25) is 0 Å². The number of carbonyl (C=O) groups excluding carboxylic acids is 2. The van der Waals surface area contributed by atoms with Crippen LogP contribution in [0.4, 0.5) is 0 Å². The summed E-state index contributed by atoms with van der Waals surface area (Å²) in [6.07, 6.45) is 1.93. The Balaban J connectivity index is 1.44. The van der Waals surface area contributed by atoms with Gasteiger partial charge in [0.2, 0.25) is 5.78 Å². The Morgan fingerprint density at radius 1 is 1.07 bits per heavy atom. The lowest BCUT2D eigenvalue weighted by Crippen LogP contribution is -2.16. The van der Waals surface area contributed by atoms with E-state index in [0.29, 0.717) is 5.56 Å². The van der Waals surface area contributed by atoms with Crippen LogP contribution in [0.5, 0.6) is 0 Å². The van der Waals surface area contributed by atoms with Crippen molar-refractivity contribution < 1.29 is 14.3 Å². The molecule has 2 aromatic heterocycles. The monoisotopic (exact) mass is 464 g/mol. The third kappa shape index (κ3) is 3.96. The molecule has 0 spiro atoms. The predicted molar refractivity (Wildman–Crippen MR) is 120 cm³/mol. The van der Waals surface area contributed by atoms with E-state index >= 15 is 0 Å². The van der Waals surface area contributed by atoms with Crippen LogP contribution < -0.4 is 0 Å². The average Bonchev–Trinajstić information content (AvgIpc) is 3.27. The molecule has 5 nitrogen and oxygen atoms in total. The molecule has 30 heavy (non-hydrogen) atoms. The molecule has 0 amide bonds. The number of ether oxygens (including phenoxy) is 1. The highest BCUT2D eigenvalue weighted by Gasteiger charge is 2.19. The van der Waals surface area contributed by atoms with Crippen molar-refractivity contribution in [2.75, 3.05) is 6.61 Å². The van der Waals surface area contributed by atoms with E-state index in [1.807, 2.05) is 73.0 Å². The molecule has 0 aliphatic rings. The topological polar surface area (TPSA) is 64.1 Å². The molecular formula is C24H21BrN2O3. The number of ketones is 1. The number of rotatable bonds is 6. The molecule has 1 N–H and O–H groups in total. The lowest BCUT2D eigenvalue weighted by molar-refractivity contribution is -0.141. The SMILES string of the molecule is Cc1cc(C(=O)COC(=O)Cc2c[nH]c3ccccc23)c(C)n1-c1ccc(Br)cc1. The maximum atomic E-state index is 12.7. The van der Waals surface area contributed by atoms with Gasteiger partial charge in [-0.05, 0) is 55.8 Å². The van der Waals surface area contributed by atoms with Crippen LogP contribution in [0.25, 0.3) is 16.6 Å². The highest BCUT2D eigenvalue weighted by Crippen LogP contribution is 2.23. The van der Waals surface area contributed by atoms with Gasteiger partial charge in [-0.25, -0.2) is 0 Å². The second-order valence-electron chi connectivity index (χ2n) is 7.22. The van der Waals surface area contributed by atoms with Crippen LogP contribution in [0, 0.1) is 13.8 Å². The fourth-order valence-electron chi connectivity index (χ4n) is 3.74.